The van der Waals surface area contributed by atoms with Gasteiger partial charge in [0.2, 0.25) is 5.91 Å². The van der Waals surface area contributed by atoms with Crippen molar-refractivity contribution in [3.63, 3.8) is 0 Å². The summed E-state index contributed by atoms with van der Waals surface area (Å²) in [7, 11) is 0. The van der Waals surface area contributed by atoms with E-state index in [1.807, 2.05) is 60.7 Å². The second-order valence-electron chi connectivity index (χ2n) is 11.4. The quantitative estimate of drug-likeness (QED) is 0.146. The molecule has 1 aromatic heterocycles. The third kappa shape index (κ3) is 6.84. The number of non-ortho nitro benzene ring substituents is 1. The molecule has 6 rings (SSSR count). The third-order valence-electron chi connectivity index (χ3n) is 8.47. The number of aromatic nitrogens is 1. The number of nitro groups is 1. The zero-order chi connectivity index (χ0) is 29.6. The number of nitro benzene ring substituents is 1. The largest absolute Gasteiger partial charge is 0.353 e. The maximum Gasteiger partial charge on any atom is 0.270 e. The van der Waals surface area contributed by atoms with E-state index >= 15 is 0 Å². The van der Waals surface area contributed by atoms with Gasteiger partial charge in [0.15, 0.2) is 0 Å². The summed E-state index contributed by atoms with van der Waals surface area (Å²) in [5, 5.41) is 15.9. The number of piperidine rings is 1. The zero-order valence-corrected chi connectivity index (χ0v) is 24.1. The molecule has 1 atom stereocenters. The molecule has 0 radical (unpaired) electrons. The van der Waals surface area contributed by atoms with Gasteiger partial charge in [-0.1, -0.05) is 91.0 Å². The van der Waals surface area contributed by atoms with Crippen LogP contribution in [0.5, 0.6) is 0 Å². The molecule has 1 aliphatic heterocycles. The Morgan fingerprint density at radius 2 is 1.44 bits per heavy atom. The van der Waals surface area contributed by atoms with Crippen molar-refractivity contribution in [1.82, 2.24) is 14.8 Å². The fourth-order valence-corrected chi connectivity index (χ4v) is 6.26. The number of carbonyl (C=O) groups is 1. The minimum Gasteiger partial charge on any atom is -0.353 e. The molecule has 1 fully saturated rings. The van der Waals surface area contributed by atoms with Crippen LogP contribution in [0.3, 0.4) is 0 Å². The lowest BCUT2D eigenvalue weighted by Gasteiger charge is -2.32. The first-order valence-corrected chi connectivity index (χ1v) is 14.9. The second kappa shape index (κ2) is 13.0. The minimum absolute atomic E-state index is 0.00440. The highest BCUT2D eigenvalue weighted by atomic mass is 16.6. The van der Waals surface area contributed by atoms with Gasteiger partial charge in [-0.2, -0.15) is 0 Å². The molecule has 0 saturated carbocycles. The number of fused-ring (bicyclic) bond motifs is 1. The van der Waals surface area contributed by atoms with Crippen molar-refractivity contribution >= 4 is 22.5 Å². The van der Waals surface area contributed by atoms with Gasteiger partial charge in [-0.05, 0) is 41.2 Å². The molecule has 0 aliphatic carbocycles. The number of carbonyl (C=O) groups excluding carboxylic acids is 1. The van der Waals surface area contributed by atoms with E-state index in [1.165, 1.54) is 5.56 Å². The van der Waals surface area contributed by atoms with Crippen LogP contribution in [0.2, 0.25) is 0 Å². The SMILES string of the molecule is O=C(CC(c1ccccc1)c1cn(Cc2ccccc2)c2ccc([N+](=O)[O-])cc12)NC1CCN(Cc2ccccc2)CC1. The first kappa shape index (κ1) is 28.4. The number of nitrogens with one attached hydrogen (secondary N) is 1. The monoisotopic (exact) mass is 572 g/mol. The van der Waals surface area contributed by atoms with Crippen molar-refractivity contribution in [2.45, 2.75) is 44.3 Å². The number of rotatable bonds is 10. The van der Waals surface area contributed by atoms with Gasteiger partial charge in [-0.3, -0.25) is 19.8 Å². The first-order chi connectivity index (χ1) is 21.0. The molecule has 7 heteroatoms. The van der Waals surface area contributed by atoms with E-state index < -0.39 is 0 Å². The van der Waals surface area contributed by atoms with Crippen LogP contribution >= 0.6 is 0 Å². The average molecular weight is 573 g/mol. The molecule has 4 aromatic carbocycles. The van der Waals surface area contributed by atoms with Crippen molar-refractivity contribution in [3.05, 3.63) is 148 Å². The Hall–Kier alpha value is -4.75. The van der Waals surface area contributed by atoms with Crippen LogP contribution in [-0.2, 0) is 17.9 Å². The molecule has 0 bridgehead atoms. The summed E-state index contributed by atoms with van der Waals surface area (Å²) in [6, 6.07) is 35.8. The predicted molar refractivity (Wildman–Crippen MR) is 170 cm³/mol. The van der Waals surface area contributed by atoms with Gasteiger partial charge in [0, 0.05) is 73.8 Å². The summed E-state index contributed by atoms with van der Waals surface area (Å²) in [6.45, 7) is 3.44. The van der Waals surface area contributed by atoms with Gasteiger partial charge in [-0.25, -0.2) is 0 Å². The van der Waals surface area contributed by atoms with Crippen molar-refractivity contribution in [3.8, 4) is 0 Å². The normalized spacial score (nSPS) is 14.9. The van der Waals surface area contributed by atoms with Crippen LogP contribution in [0.4, 0.5) is 5.69 Å². The van der Waals surface area contributed by atoms with Crippen molar-refractivity contribution in [1.29, 1.82) is 0 Å². The van der Waals surface area contributed by atoms with Crippen LogP contribution < -0.4 is 5.32 Å². The lowest BCUT2D eigenvalue weighted by atomic mass is 9.87. The Bertz CT molecular complexity index is 1680. The fourth-order valence-electron chi connectivity index (χ4n) is 6.26. The molecule has 2 heterocycles. The van der Waals surface area contributed by atoms with Gasteiger partial charge in [0.05, 0.1) is 4.92 Å². The highest BCUT2D eigenvalue weighted by Crippen LogP contribution is 2.37. The van der Waals surface area contributed by atoms with E-state index in [4.69, 9.17) is 0 Å². The standard InChI is InChI=1S/C36H36N4O3/c41-36(37-30-18-20-38(21-19-30)24-27-10-4-1-5-11-27)23-32(29-14-8-3-9-15-29)34-26-39(25-28-12-6-2-7-13-28)35-17-16-31(40(42)43)22-33(34)35/h1-17,22,26,30,32H,18-21,23-25H2,(H,37,41). The third-order valence-corrected chi connectivity index (χ3v) is 8.47. The van der Waals surface area contributed by atoms with E-state index in [-0.39, 0.29) is 34.9 Å². The Morgan fingerprint density at radius 3 is 2.07 bits per heavy atom. The van der Waals surface area contributed by atoms with Gasteiger partial charge in [-0.15, -0.1) is 0 Å². The summed E-state index contributed by atoms with van der Waals surface area (Å²) in [5.41, 5.74) is 5.34. The molecule has 218 valence electrons. The topological polar surface area (TPSA) is 80.4 Å². The summed E-state index contributed by atoms with van der Waals surface area (Å²) in [6.07, 6.45) is 4.17. The van der Waals surface area contributed by atoms with E-state index in [9.17, 15) is 14.9 Å². The number of nitrogens with zero attached hydrogens (tertiary/aromatic N) is 3. The Balaban J connectivity index is 1.24. The molecular formula is C36H36N4O3. The summed E-state index contributed by atoms with van der Waals surface area (Å²) < 4.78 is 2.14. The maximum atomic E-state index is 13.6. The first-order valence-electron chi connectivity index (χ1n) is 14.9. The second-order valence-corrected chi connectivity index (χ2v) is 11.4. The van der Waals surface area contributed by atoms with Crippen LogP contribution in [0, 0.1) is 10.1 Å². The maximum absolute atomic E-state index is 13.6. The van der Waals surface area contributed by atoms with E-state index in [0.717, 1.165) is 60.1 Å². The van der Waals surface area contributed by atoms with Crippen molar-refractivity contribution in [2.24, 2.45) is 0 Å². The predicted octanol–water partition coefficient (Wildman–Crippen LogP) is 6.90. The van der Waals surface area contributed by atoms with E-state index in [0.29, 0.717) is 6.54 Å². The van der Waals surface area contributed by atoms with E-state index in [1.54, 1.807) is 12.1 Å². The van der Waals surface area contributed by atoms with Crippen molar-refractivity contribution in [2.75, 3.05) is 13.1 Å². The lowest BCUT2D eigenvalue weighted by Crippen LogP contribution is -2.44. The van der Waals surface area contributed by atoms with Crippen molar-refractivity contribution < 1.29 is 9.72 Å². The highest BCUT2D eigenvalue weighted by molar-refractivity contribution is 5.88. The smallest absolute Gasteiger partial charge is 0.270 e. The van der Waals surface area contributed by atoms with Gasteiger partial charge >= 0.3 is 0 Å². The Morgan fingerprint density at radius 1 is 0.837 bits per heavy atom. The van der Waals surface area contributed by atoms with Crippen LogP contribution in [0.15, 0.2) is 115 Å². The zero-order valence-electron chi connectivity index (χ0n) is 24.1. The Kier molecular flexibility index (Phi) is 8.61. The lowest BCUT2D eigenvalue weighted by molar-refractivity contribution is -0.384. The number of likely N-dealkylation sites (tertiary alicyclic amines) is 1. The minimum atomic E-state index is -0.355. The molecule has 5 aromatic rings. The summed E-state index contributed by atoms with van der Waals surface area (Å²) >= 11 is 0. The number of hydrogen-bond donors (Lipinski definition) is 1. The van der Waals surface area contributed by atoms with Gasteiger partial charge in [0.1, 0.15) is 0 Å². The molecular weight excluding hydrogens is 536 g/mol. The van der Waals surface area contributed by atoms with Gasteiger partial charge in [0.25, 0.3) is 5.69 Å². The number of amides is 1. The molecule has 1 unspecified atom stereocenters. The molecule has 1 amide bonds. The molecule has 43 heavy (non-hydrogen) atoms. The summed E-state index contributed by atoms with van der Waals surface area (Å²) in [4.78, 5) is 27.4. The molecule has 7 nitrogen and oxygen atoms in total. The molecule has 1 N–H and O–H groups in total. The van der Waals surface area contributed by atoms with Crippen LogP contribution in [0.25, 0.3) is 10.9 Å². The van der Waals surface area contributed by atoms with E-state index in [2.05, 4.69) is 57.4 Å². The van der Waals surface area contributed by atoms with Gasteiger partial charge < -0.3 is 9.88 Å². The molecule has 1 saturated heterocycles. The Labute approximate surface area is 251 Å². The van der Waals surface area contributed by atoms with Crippen LogP contribution in [0.1, 0.15) is 47.4 Å². The number of hydrogen-bond acceptors (Lipinski definition) is 4. The highest BCUT2D eigenvalue weighted by Gasteiger charge is 2.26. The molecule has 1 aliphatic rings. The summed E-state index contributed by atoms with van der Waals surface area (Å²) in [5.74, 6) is -0.245. The molecule has 0 spiro atoms. The fraction of sp³-hybridized carbons (Fsp3) is 0.250. The van der Waals surface area contributed by atoms with Crippen LogP contribution in [-0.4, -0.2) is 39.4 Å². The average Bonchev–Trinajstić information content (AvgIpc) is 3.39. The number of benzene rings is 4.